The zero-order chi connectivity index (χ0) is 17.6. The molecule has 2 atom stereocenters. The number of para-hydroxylation sites is 1. The molecule has 25 heavy (non-hydrogen) atoms. The standard InChI is InChI=1S/C21H27N3O/c1-16-7-6-14-24(15-16)20-12-10-18(11-13-20)17(2)22-21(25)23-19-8-4-3-5-9-19/h3-5,8-13,16-17H,6-7,14-15H2,1-2H3,(H2,22,23,25). The molecule has 1 aliphatic heterocycles. The van der Waals surface area contributed by atoms with Crippen molar-refractivity contribution in [3.63, 3.8) is 0 Å². The molecule has 2 aromatic carbocycles. The second kappa shape index (κ2) is 8.06. The van der Waals surface area contributed by atoms with E-state index in [2.05, 4.69) is 46.7 Å². The fourth-order valence-corrected chi connectivity index (χ4v) is 3.37. The van der Waals surface area contributed by atoms with Crippen LogP contribution in [0.3, 0.4) is 0 Å². The van der Waals surface area contributed by atoms with Crippen LogP contribution >= 0.6 is 0 Å². The van der Waals surface area contributed by atoms with Gasteiger partial charge in [0.2, 0.25) is 0 Å². The number of benzene rings is 2. The third kappa shape index (κ3) is 4.75. The van der Waals surface area contributed by atoms with Crippen LogP contribution in [0.4, 0.5) is 16.2 Å². The van der Waals surface area contributed by atoms with Crippen molar-refractivity contribution < 1.29 is 4.79 Å². The normalized spacial score (nSPS) is 18.5. The minimum atomic E-state index is -0.187. The number of amides is 2. The highest BCUT2D eigenvalue weighted by Gasteiger charge is 2.17. The maximum absolute atomic E-state index is 12.1. The van der Waals surface area contributed by atoms with Gasteiger partial charge in [0.05, 0.1) is 6.04 Å². The van der Waals surface area contributed by atoms with Crippen molar-refractivity contribution in [2.24, 2.45) is 5.92 Å². The molecule has 3 rings (SSSR count). The van der Waals surface area contributed by atoms with Gasteiger partial charge in [-0.15, -0.1) is 0 Å². The minimum Gasteiger partial charge on any atom is -0.371 e. The number of urea groups is 1. The van der Waals surface area contributed by atoms with E-state index in [9.17, 15) is 4.79 Å². The molecule has 0 radical (unpaired) electrons. The number of carbonyl (C=O) groups is 1. The first-order valence-electron chi connectivity index (χ1n) is 9.09. The van der Waals surface area contributed by atoms with Gasteiger partial charge in [0, 0.05) is 24.5 Å². The molecule has 0 aliphatic carbocycles. The number of nitrogens with one attached hydrogen (secondary N) is 2. The largest absolute Gasteiger partial charge is 0.371 e. The summed E-state index contributed by atoms with van der Waals surface area (Å²) in [5, 5.41) is 5.84. The van der Waals surface area contributed by atoms with E-state index >= 15 is 0 Å². The van der Waals surface area contributed by atoms with Gasteiger partial charge in [-0.25, -0.2) is 4.79 Å². The van der Waals surface area contributed by atoms with Gasteiger partial charge in [0.1, 0.15) is 0 Å². The molecule has 2 unspecified atom stereocenters. The van der Waals surface area contributed by atoms with E-state index < -0.39 is 0 Å². The summed E-state index contributed by atoms with van der Waals surface area (Å²) in [5.74, 6) is 0.760. The molecule has 2 N–H and O–H groups in total. The Morgan fingerprint density at radius 2 is 1.84 bits per heavy atom. The molecule has 0 aromatic heterocycles. The molecule has 2 amide bonds. The number of anilines is 2. The maximum Gasteiger partial charge on any atom is 0.319 e. The summed E-state index contributed by atoms with van der Waals surface area (Å²) in [7, 11) is 0. The van der Waals surface area contributed by atoms with Gasteiger partial charge in [-0.1, -0.05) is 37.3 Å². The van der Waals surface area contributed by atoms with E-state index in [-0.39, 0.29) is 12.1 Å². The molecule has 4 nitrogen and oxygen atoms in total. The minimum absolute atomic E-state index is 0.0435. The summed E-state index contributed by atoms with van der Waals surface area (Å²) in [4.78, 5) is 14.6. The van der Waals surface area contributed by atoms with Crippen molar-refractivity contribution in [1.29, 1.82) is 0 Å². The van der Waals surface area contributed by atoms with Crippen molar-refractivity contribution in [2.45, 2.75) is 32.7 Å². The smallest absolute Gasteiger partial charge is 0.319 e. The summed E-state index contributed by atoms with van der Waals surface area (Å²) >= 11 is 0. The summed E-state index contributed by atoms with van der Waals surface area (Å²) in [6.07, 6.45) is 2.59. The number of carbonyl (C=O) groups excluding carboxylic acids is 1. The molecular formula is C21H27N3O. The zero-order valence-electron chi connectivity index (χ0n) is 15.0. The van der Waals surface area contributed by atoms with E-state index in [0.29, 0.717) is 0 Å². The molecule has 1 aliphatic rings. The van der Waals surface area contributed by atoms with Gasteiger partial charge in [0.25, 0.3) is 0 Å². The van der Waals surface area contributed by atoms with Crippen LogP contribution in [0.15, 0.2) is 54.6 Å². The van der Waals surface area contributed by atoms with Crippen LogP contribution in [0.1, 0.15) is 38.3 Å². The van der Waals surface area contributed by atoms with Crippen molar-refractivity contribution in [2.75, 3.05) is 23.3 Å². The molecular weight excluding hydrogens is 310 g/mol. The molecule has 4 heteroatoms. The predicted octanol–water partition coefficient (Wildman–Crippen LogP) is 4.81. The number of rotatable bonds is 4. The predicted molar refractivity (Wildman–Crippen MR) is 104 cm³/mol. The van der Waals surface area contributed by atoms with Crippen LogP contribution in [-0.2, 0) is 0 Å². The molecule has 1 heterocycles. The van der Waals surface area contributed by atoms with Gasteiger partial charge in [-0.2, -0.15) is 0 Å². The van der Waals surface area contributed by atoms with Gasteiger partial charge < -0.3 is 15.5 Å². The van der Waals surface area contributed by atoms with Crippen LogP contribution in [-0.4, -0.2) is 19.1 Å². The molecule has 1 saturated heterocycles. The van der Waals surface area contributed by atoms with E-state index in [1.54, 1.807) is 0 Å². The lowest BCUT2D eigenvalue weighted by molar-refractivity contribution is 0.249. The Bertz CT molecular complexity index is 684. The fourth-order valence-electron chi connectivity index (χ4n) is 3.37. The highest BCUT2D eigenvalue weighted by Crippen LogP contribution is 2.24. The molecule has 1 fully saturated rings. The molecule has 0 spiro atoms. The number of hydrogen-bond donors (Lipinski definition) is 2. The first-order valence-corrected chi connectivity index (χ1v) is 9.09. The van der Waals surface area contributed by atoms with Gasteiger partial charge >= 0.3 is 6.03 Å². The van der Waals surface area contributed by atoms with Crippen LogP contribution in [0.5, 0.6) is 0 Å². The van der Waals surface area contributed by atoms with Crippen molar-refractivity contribution in [1.82, 2.24) is 5.32 Å². The first-order chi connectivity index (χ1) is 12.1. The van der Waals surface area contributed by atoms with Crippen LogP contribution in [0.2, 0.25) is 0 Å². The summed E-state index contributed by atoms with van der Waals surface area (Å²) in [6.45, 7) is 6.59. The van der Waals surface area contributed by atoms with Crippen molar-refractivity contribution in [3.8, 4) is 0 Å². The molecule has 0 bridgehead atoms. The summed E-state index contributed by atoms with van der Waals surface area (Å²) < 4.78 is 0. The van der Waals surface area contributed by atoms with Crippen LogP contribution in [0.25, 0.3) is 0 Å². The fraction of sp³-hybridized carbons (Fsp3) is 0.381. The number of nitrogens with zero attached hydrogens (tertiary/aromatic N) is 1. The van der Waals surface area contributed by atoms with E-state index in [1.165, 1.54) is 18.5 Å². The first kappa shape index (κ1) is 17.3. The van der Waals surface area contributed by atoms with E-state index in [1.807, 2.05) is 37.3 Å². The Morgan fingerprint density at radius 3 is 2.52 bits per heavy atom. The number of hydrogen-bond acceptors (Lipinski definition) is 2. The van der Waals surface area contributed by atoms with E-state index in [4.69, 9.17) is 0 Å². The number of piperidine rings is 1. The topological polar surface area (TPSA) is 44.4 Å². The monoisotopic (exact) mass is 337 g/mol. The Labute approximate surface area is 150 Å². The van der Waals surface area contributed by atoms with Crippen LogP contribution < -0.4 is 15.5 Å². The Kier molecular flexibility index (Phi) is 5.59. The average Bonchev–Trinajstić information content (AvgIpc) is 2.62. The Balaban J connectivity index is 1.57. The van der Waals surface area contributed by atoms with Gasteiger partial charge in [0.15, 0.2) is 0 Å². The zero-order valence-corrected chi connectivity index (χ0v) is 15.0. The van der Waals surface area contributed by atoms with Gasteiger partial charge in [-0.05, 0) is 55.5 Å². The molecule has 2 aromatic rings. The lowest BCUT2D eigenvalue weighted by atomic mass is 9.99. The summed E-state index contributed by atoms with van der Waals surface area (Å²) in [5.41, 5.74) is 3.18. The second-order valence-corrected chi connectivity index (χ2v) is 6.97. The van der Waals surface area contributed by atoms with Crippen LogP contribution in [0, 0.1) is 5.92 Å². The van der Waals surface area contributed by atoms with Gasteiger partial charge in [-0.3, -0.25) is 0 Å². The van der Waals surface area contributed by atoms with Crippen molar-refractivity contribution in [3.05, 3.63) is 60.2 Å². The quantitative estimate of drug-likeness (QED) is 0.841. The second-order valence-electron chi connectivity index (χ2n) is 6.97. The lowest BCUT2D eigenvalue weighted by Crippen LogP contribution is -2.34. The summed E-state index contributed by atoms with van der Waals surface area (Å²) in [6, 6.07) is 17.8. The third-order valence-electron chi connectivity index (χ3n) is 4.79. The highest BCUT2D eigenvalue weighted by atomic mass is 16.2. The molecule has 132 valence electrons. The third-order valence-corrected chi connectivity index (χ3v) is 4.79. The Hall–Kier alpha value is -2.49. The highest BCUT2D eigenvalue weighted by molar-refractivity contribution is 5.89. The van der Waals surface area contributed by atoms with E-state index in [0.717, 1.165) is 30.3 Å². The maximum atomic E-state index is 12.1. The Morgan fingerprint density at radius 1 is 1.12 bits per heavy atom. The lowest BCUT2D eigenvalue weighted by Gasteiger charge is -2.33. The average molecular weight is 337 g/mol. The van der Waals surface area contributed by atoms with Crippen molar-refractivity contribution >= 4 is 17.4 Å². The SMILES string of the molecule is CC1CCCN(c2ccc(C(C)NC(=O)Nc3ccccc3)cc2)C1. The molecule has 0 saturated carbocycles.